The first-order valence-electron chi connectivity index (χ1n) is 7.43. The molecule has 0 saturated heterocycles. The van der Waals surface area contributed by atoms with Gasteiger partial charge in [0.05, 0.1) is 0 Å². The lowest BCUT2D eigenvalue weighted by atomic mass is 9.85. The van der Waals surface area contributed by atoms with Gasteiger partial charge in [-0.05, 0) is 37.0 Å². The molecule has 1 amide bonds. The Hall–Kier alpha value is -1.55. The molecular weight excluding hydrogens is 252 g/mol. The van der Waals surface area contributed by atoms with E-state index in [-0.39, 0.29) is 24.5 Å². The summed E-state index contributed by atoms with van der Waals surface area (Å²) < 4.78 is 0. The van der Waals surface area contributed by atoms with E-state index in [0.717, 1.165) is 43.4 Å². The first kappa shape index (κ1) is 14.9. The van der Waals surface area contributed by atoms with Crippen molar-refractivity contribution in [3.05, 3.63) is 29.8 Å². The summed E-state index contributed by atoms with van der Waals surface area (Å²) in [5.41, 5.74) is 7.50. The van der Waals surface area contributed by atoms with Gasteiger partial charge in [-0.3, -0.25) is 4.79 Å². The molecule has 0 bridgehead atoms. The Morgan fingerprint density at radius 1 is 1.25 bits per heavy atom. The zero-order valence-electron chi connectivity index (χ0n) is 11.8. The van der Waals surface area contributed by atoms with Crippen molar-refractivity contribution in [3.8, 4) is 0 Å². The second-order valence-electron chi connectivity index (χ2n) is 5.64. The minimum Gasteiger partial charge on any atom is -0.399 e. The first-order chi connectivity index (χ1) is 9.69. The number of aliphatic hydroxyl groups is 1. The van der Waals surface area contributed by atoms with E-state index in [1.54, 1.807) is 0 Å². The van der Waals surface area contributed by atoms with Crippen molar-refractivity contribution in [1.82, 2.24) is 5.32 Å². The molecule has 1 saturated carbocycles. The highest BCUT2D eigenvalue weighted by molar-refractivity contribution is 5.76. The van der Waals surface area contributed by atoms with Crippen molar-refractivity contribution in [3.63, 3.8) is 0 Å². The van der Waals surface area contributed by atoms with E-state index in [4.69, 9.17) is 5.73 Å². The fourth-order valence-electron chi connectivity index (χ4n) is 2.84. The zero-order valence-corrected chi connectivity index (χ0v) is 11.8. The molecule has 2 unspecified atom stereocenters. The Balaban J connectivity index is 1.78. The molecule has 0 heterocycles. The third kappa shape index (κ3) is 4.23. The van der Waals surface area contributed by atoms with Gasteiger partial charge in [0.15, 0.2) is 0 Å². The van der Waals surface area contributed by atoms with Crippen LogP contribution >= 0.6 is 0 Å². The monoisotopic (exact) mass is 276 g/mol. The molecule has 1 aromatic carbocycles. The van der Waals surface area contributed by atoms with Crippen LogP contribution in [-0.4, -0.2) is 23.7 Å². The number of benzene rings is 1. The van der Waals surface area contributed by atoms with Gasteiger partial charge in [0, 0.05) is 30.7 Å². The van der Waals surface area contributed by atoms with Gasteiger partial charge in [-0.2, -0.15) is 0 Å². The van der Waals surface area contributed by atoms with Gasteiger partial charge in [-0.1, -0.05) is 25.0 Å². The number of anilines is 1. The number of aliphatic hydroxyl groups excluding tert-OH is 1. The van der Waals surface area contributed by atoms with E-state index >= 15 is 0 Å². The topological polar surface area (TPSA) is 75.4 Å². The summed E-state index contributed by atoms with van der Waals surface area (Å²) in [5.74, 6) is 0.302. The van der Waals surface area contributed by atoms with E-state index in [9.17, 15) is 9.90 Å². The number of amides is 1. The van der Waals surface area contributed by atoms with Crippen LogP contribution < -0.4 is 11.1 Å². The zero-order chi connectivity index (χ0) is 14.4. The summed E-state index contributed by atoms with van der Waals surface area (Å²) >= 11 is 0. The fraction of sp³-hybridized carbons (Fsp3) is 0.562. The van der Waals surface area contributed by atoms with Crippen LogP contribution in [0, 0.1) is 5.92 Å². The van der Waals surface area contributed by atoms with Crippen molar-refractivity contribution in [2.45, 2.75) is 44.6 Å². The summed E-state index contributed by atoms with van der Waals surface area (Å²) in [4.78, 5) is 12.0. The number of hydrogen-bond donors (Lipinski definition) is 3. The molecule has 0 aromatic heterocycles. The number of hydrogen-bond acceptors (Lipinski definition) is 3. The van der Waals surface area contributed by atoms with Crippen molar-refractivity contribution in [2.24, 2.45) is 5.92 Å². The summed E-state index contributed by atoms with van der Waals surface area (Å²) in [6.45, 7) is 0.170. The van der Waals surface area contributed by atoms with E-state index < -0.39 is 0 Å². The van der Waals surface area contributed by atoms with E-state index in [1.165, 1.54) is 0 Å². The average molecular weight is 276 g/mol. The molecule has 4 heteroatoms. The standard InChI is InChI=1S/C16H24N2O2/c17-14-8-5-12(6-9-14)7-10-16(20)18-15-4-2-1-3-13(15)11-19/h5-6,8-9,13,15,19H,1-4,7,10-11,17H2,(H,18,20). The Morgan fingerprint density at radius 2 is 1.95 bits per heavy atom. The van der Waals surface area contributed by atoms with Crippen molar-refractivity contribution < 1.29 is 9.90 Å². The molecule has 0 radical (unpaired) electrons. The number of aryl methyl sites for hydroxylation is 1. The van der Waals surface area contributed by atoms with Crippen LogP contribution in [0.15, 0.2) is 24.3 Å². The average Bonchev–Trinajstić information content (AvgIpc) is 2.47. The Kier molecular flexibility index (Phi) is 5.41. The van der Waals surface area contributed by atoms with Crippen molar-refractivity contribution in [2.75, 3.05) is 12.3 Å². The molecule has 0 aliphatic heterocycles. The van der Waals surface area contributed by atoms with Crippen LogP contribution in [-0.2, 0) is 11.2 Å². The number of nitrogens with two attached hydrogens (primary N) is 1. The highest BCUT2D eigenvalue weighted by Crippen LogP contribution is 2.24. The Morgan fingerprint density at radius 3 is 2.65 bits per heavy atom. The quantitative estimate of drug-likeness (QED) is 0.719. The third-order valence-electron chi connectivity index (χ3n) is 4.11. The van der Waals surface area contributed by atoms with Crippen LogP contribution in [0.4, 0.5) is 5.69 Å². The lowest BCUT2D eigenvalue weighted by Gasteiger charge is -2.30. The molecule has 20 heavy (non-hydrogen) atoms. The Labute approximate surface area is 120 Å². The van der Waals surface area contributed by atoms with Gasteiger partial charge in [-0.25, -0.2) is 0 Å². The van der Waals surface area contributed by atoms with Crippen LogP contribution in [0.25, 0.3) is 0 Å². The molecule has 1 aromatic rings. The first-order valence-corrected chi connectivity index (χ1v) is 7.43. The molecular formula is C16H24N2O2. The van der Waals surface area contributed by atoms with Crippen LogP contribution in [0.3, 0.4) is 0 Å². The molecule has 1 fully saturated rings. The second-order valence-corrected chi connectivity index (χ2v) is 5.64. The molecule has 1 aliphatic rings. The Bertz CT molecular complexity index is 431. The van der Waals surface area contributed by atoms with Crippen molar-refractivity contribution >= 4 is 11.6 Å². The van der Waals surface area contributed by atoms with Gasteiger partial charge in [0.1, 0.15) is 0 Å². The lowest BCUT2D eigenvalue weighted by molar-refractivity contribution is -0.122. The second kappa shape index (κ2) is 7.29. The lowest BCUT2D eigenvalue weighted by Crippen LogP contribution is -2.43. The summed E-state index contributed by atoms with van der Waals surface area (Å²) in [6.07, 6.45) is 5.50. The predicted octanol–water partition coefficient (Wildman–Crippen LogP) is 1.87. The van der Waals surface area contributed by atoms with E-state index in [2.05, 4.69) is 5.32 Å². The summed E-state index contributed by atoms with van der Waals surface area (Å²) in [6, 6.07) is 7.78. The fourth-order valence-corrected chi connectivity index (χ4v) is 2.84. The van der Waals surface area contributed by atoms with Gasteiger partial charge in [-0.15, -0.1) is 0 Å². The van der Waals surface area contributed by atoms with Gasteiger partial charge in [0.2, 0.25) is 5.91 Å². The number of rotatable bonds is 5. The van der Waals surface area contributed by atoms with E-state index in [1.807, 2.05) is 24.3 Å². The third-order valence-corrected chi connectivity index (χ3v) is 4.11. The number of carbonyl (C=O) groups is 1. The van der Waals surface area contributed by atoms with Crippen molar-refractivity contribution in [1.29, 1.82) is 0 Å². The summed E-state index contributed by atoms with van der Waals surface area (Å²) in [5, 5.41) is 12.4. The maximum absolute atomic E-state index is 12.0. The number of nitrogens with one attached hydrogen (secondary N) is 1. The minimum absolute atomic E-state index is 0.0761. The van der Waals surface area contributed by atoms with Crippen LogP contribution in [0.1, 0.15) is 37.7 Å². The predicted molar refractivity (Wildman–Crippen MR) is 80.1 cm³/mol. The molecule has 4 N–H and O–H groups in total. The van der Waals surface area contributed by atoms with Crippen LogP contribution in [0.2, 0.25) is 0 Å². The maximum Gasteiger partial charge on any atom is 0.220 e. The number of carbonyl (C=O) groups excluding carboxylic acids is 1. The smallest absolute Gasteiger partial charge is 0.220 e. The SMILES string of the molecule is Nc1ccc(CCC(=O)NC2CCCCC2CO)cc1. The molecule has 1 aliphatic carbocycles. The molecule has 2 atom stereocenters. The normalized spacial score (nSPS) is 22.4. The molecule has 4 nitrogen and oxygen atoms in total. The highest BCUT2D eigenvalue weighted by atomic mass is 16.3. The van der Waals surface area contributed by atoms with Gasteiger partial charge < -0.3 is 16.2 Å². The van der Waals surface area contributed by atoms with Gasteiger partial charge >= 0.3 is 0 Å². The largest absolute Gasteiger partial charge is 0.399 e. The molecule has 2 rings (SSSR count). The summed E-state index contributed by atoms with van der Waals surface area (Å²) in [7, 11) is 0. The minimum atomic E-state index is 0.0761. The van der Waals surface area contributed by atoms with Crippen LogP contribution in [0.5, 0.6) is 0 Å². The molecule has 0 spiro atoms. The van der Waals surface area contributed by atoms with Gasteiger partial charge in [0.25, 0.3) is 0 Å². The maximum atomic E-state index is 12.0. The molecule has 110 valence electrons. The number of nitrogen functional groups attached to an aromatic ring is 1. The van der Waals surface area contributed by atoms with E-state index in [0.29, 0.717) is 6.42 Å². The highest BCUT2D eigenvalue weighted by Gasteiger charge is 2.25.